The molecule has 2 nitrogen and oxygen atoms in total. The molecule has 0 amide bonds. The third-order valence-corrected chi connectivity index (χ3v) is 4.28. The van der Waals surface area contributed by atoms with Crippen LogP contribution in [0.2, 0.25) is 5.15 Å². The van der Waals surface area contributed by atoms with Crippen LogP contribution in [0.3, 0.4) is 0 Å². The van der Waals surface area contributed by atoms with E-state index in [1.807, 2.05) is 0 Å². The van der Waals surface area contributed by atoms with Gasteiger partial charge in [0.2, 0.25) is 0 Å². The largest absolute Gasteiger partial charge is 0.222 e. The van der Waals surface area contributed by atoms with E-state index in [9.17, 15) is 0 Å². The van der Waals surface area contributed by atoms with Gasteiger partial charge in [0, 0.05) is 11.3 Å². The van der Waals surface area contributed by atoms with Crippen LogP contribution in [0.15, 0.2) is 0 Å². The van der Waals surface area contributed by atoms with Crippen LogP contribution in [0.5, 0.6) is 0 Å². The molecule has 0 saturated heterocycles. The number of halogens is 1. The fourth-order valence-corrected chi connectivity index (χ4v) is 3.53. The third-order valence-electron chi connectivity index (χ3n) is 2.96. The van der Waals surface area contributed by atoms with Crippen LogP contribution in [-0.4, -0.2) is 9.97 Å². The maximum absolute atomic E-state index is 6.29. The Labute approximate surface area is 111 Å². The van der Waals surface area contributed by atoms with E-state index in [2.05, 4.69) is 30.7 Å². The molecule has 4 heteroatoms. The molecule has 0 unspecified atom stereocenters. The van der Waals surface area contributed by atoms with Gasteiger partial charge in [0.05, 0.1) is 5.39 Å². The lowest BCUT2D eigenvalue weighted by Crippen LogP contribution is -1.96. The monoisotopic (exact) mass is 268 g/mol. The van der Waals surface area contributed by atoms with Gasteiger partial charge in [-0.05, 0) is 25.3 Å². The molecular formula is C13H17ClN2S. The van der Waals surface area contributed by atoms with Crippen LogP contribution < -0.4 is 0 Å². The van der Waals surface area contributed by atoms with E-state index in [4.69, 9.17) is 11.6 Å². The maximum atomic E-state index is 6.29. The summed E-state index contributed by atoms with van der Waals surface area (Å²) in [5, 5.41) is 1.69. The Balaban J connectivity index is 2.52. The second kappa shape index (κ2) is 5.32. The number of aromatic nitrogens is 2. The highest BCUT2D eigenvalue weighted by Crippen LogP contribution is 2.34. The van der Waals surface area contributed by atoms with Crippen molar-refractivity contribution in [1.29, 1.82) is 0 Å². The number of nitrogens with zero attached hydrogens (tertiary/aromatic N) is 2. The lowest BCUT2D eigenvalue weighted by molar-refractivity contribution is 0.757. The second-order valence-electron chi connectivity index (χ2n) is 4.20. The minimum absolute atomic E-state index is 0.627. The molecule has 0 saturated carbocycles. The number of thiophene rings is 1. The minimum atomic E-state index is 0.627. The summed E-state index contributed by atoms with van der Waals surface area (Å²) in [5.41, 5.74) is 1.30. The summed E-state index contributed by atoms with van der Waals surface area (Å²) in [5.74, 6) is 0.883. The first-order valence-corrected chi connectivity index (χ1v) is 7.31. The molecule has 0 radical (unpaired) electrons. The normalized spacial score (nSPS) is 11.3. The molecule has 0 bridgehead atoms. The van der Waals surface area contributed by atoms with Gasteiger partial charge in [0.25, 0.3) is 0 Å². The molecule has 0 aliphatic carbocycles. The molecule has 17 heavy (non-hydrogen) atoms. The molecule has 2 aromatic rings. The highest BCUT2D eigenvalue weighted by Gasteiger charge is 2.14. The number of aryl methyl sites for hydroxylation is 3. The summed E-state index contributed by atoms with van der Waals surface area (Å²) in [4.78, 5) is 11.4. The van der Waals surface area contributed by atoms with Gasteiger partial charge < -0.3 is 0 Å². The SMILES string of the molecule is CCCCc1nc(Cl)c2c(CC)c(C)sc2n1. The van der Waals surface area contributed by atoms with Gasteiger partial charge in [-0.1, -0.05) is 31.9 Å². The van der Waals surface area contributed by atoms with E-state index >= 15 is 0 Å². The molecule has 2 rings (SSSR count). The summed E-state index contributed by atoms with van der Waals surface area (Å²) in [6.07, 6.45) is 4.18. The molecule has 0 aromatic carbocycles. The molecule has 92 valence electrons. The van der Waals surface area contributed by atoms with Gasteiger partial charge in [0.15, 0.2) is 0 Å². The van der Waals surface area contributed by atoms with Gasteiger partial charge in [0.1, 0.15) is 15.8 Å². The predicted molar refractivity (Wildman–Crippen MR) is 75.2 cm³/mol. The summed E-state index contributed by atoms with van der Waals surface area (Å²) < 4.78 is 0. The summed E-state index contributed by atoms with van der Waals surface area (Å²) in [6.45, 7) is 6.45. The second-order valence-corrected chi connectivity index (χ2v) is 5.77. The van der Waals surface area contributed by atoms with Crippen LogP contribution in [0, 0.1) is 6.92 Å². The highest BCUT2D eigenvalue weighted by molar-refractivity contribution is 7.18. The molecule has 0 aliphatic rings. The first-order chi connectivity index (χ1) is 8.17. The summed E-state index contributed by atoms with van der Waals surface area (Å²) in [7, 11) is 0. The Morgan fingerprint density at radius 1 is 1.24 bits per heavy atom. The van der Waals surface area contributed by atoms with Crippen molar-refractivity contribution >= 4 is 33.2 Å². The molecule has 2 aromatic heterocycles. The Hall–Kier alpha value is -0.670. The van der Waals surface area contributed by atoms with Crippen molar-refractivity contribution in [3.8, 4) is 0 Å². The molecule has 0 fully saturated rings. The first kappa shape index (κ1) is 12.8. The lowest BCUT2D eigenvalue weighted by atomic mass is 10.1. The highest BCUT2D eigenvalue weighted by atomic mass is 35.5. The zero-order valence-electron chi connectivity index (χ0n) is 10.5. The summed E-state index contributed by atoms with van der Waals surface area (Å²) in [6, 6.07) is 0. The smallest absolute Gasteiger partial charge is 0.141 e. The van der Waals surface area contributed by atoms with Crippen LogP contribution in [0.1, 0.15) is 43.0 Å². The Kier molecular flexibility index (Phi) is 4.00. The van der Waals surface area contributed by atoms with Crippen molar-refractivity contribution in [3.05, 3.63) is 21.4 Å². The van der Waals surface area contributed by atoms with Crippen molar-refractivity contribution in [2.75, 3.05) is 0 Å². The number of rotatable bonds is 4. The Morgan fingerprint density at radius 2 is 2.00 bits per heavy atom. The Morgan fingerprint density at radius 3 is 2.65 bits per heavy atom. The van der Waals surface area contributed by atoms with Crippen LogP contribution >= 0.6 is 22.9 Å². The molecule has 0 atom stereocenters. The fraction of sp³-hybridized carbons (Fsp3) is 0.538. The zero-order valence-corrected chi connectivity index (χ0v) is 12.1. The van der Waals surface area contributed by atoms with Gasteiger partial charge >= 0.3 is 0 Å². The van der Waals surface area contributed by atoms with Crippen molar-refractivity contribution in [1.82, 2.24) is 9.97 Å². The van der Waals surface area contributed by atoms with Crippen molar-refractivity contribution in [3.63, 3.8) is 0 Å². The van der Waals surface area contributed by atoms with Crippen molar-refractivity contribution in [2.45, 2.75) is 46.5 Å². The van der Waals surface area contributed by atoms with Crippen LogP contribution in [0.4, 0.5) is 0 Å². The zero-order chi connectivity index (χ0) is 12.4. The van der Waals surface area contributed by atoms with E-state index in [1.54, 1.807) is 11.3 Å². The van der Waals surface area contributed by atoms with Gasteiger partial charge in [-0.25, -0.2) is 9.97 Å². The van der Waals surface area contributed by atoms with Gasteiger partial charge in [-0.3, -0.25) is 0 Å². The molecule has 0 spiro atoms. The lowest BCUT2D eigenvalue weighted by Gasteiger charge is -2.02. The summed E-state index contributed by atoms with van der Waals surface area (Å²) >= 11 is 8.02. The van der Waals surface area contributed by atoms with Gasteiger partial charge in [-0.15, -0.1) is 11.3 Å². The molecule has 2 heterocycles. The molecule has 0 aliphatic heterocycles. The Bertz CT molecular complexity index is 534. The van der Waals surface area contributed by atoms with Crippen LogP contribution in [0.25, 0.3) is 10.2 Å². The average Bonchev–Trinajstić information content (AvgIpc) is 2.62. The third kappa shape index (κ3) is 2.45. The van der Waals surface area contributed by atoms with E-state index in [1.165, 1.54) is 10.4 Å². The van der Waals surface area contributed by atoms with Gasteiger partial charge in [-0.2, -0.15) is 0 Å². The topological polar surface area (TPSA) is 25.8 Å². The van der Waals surface area contributed by atoms with Crippen LogP contribution in [-0.2, 0) is 12.8 Å². The van der Waals surface area contributed by atoms with E-state index in [-0.39, 0.29) is 0 Å². The number of unbranched alkanes of at least 4 members (excludes halogenated alkanes) is 1. The van der Waals surface area contributed by atoms with E-state index in [0.717, 1.165) is 41.7 Å². The quantitative estimate of drug-likeness (QED) is 0.760. The van der Waals surface area contributed by atoms with Crippen molar-refractivity contribution in [2.24, 2.45) is 0 Å². The average molecular weight is 269 g/mol. The molecule has 0 N–H and O–H groups in total. The fourth-order valence-electron chi connectivity index (χ4n) is 2.04. The molecular weight excluding hydrogens is 252 g/mol. The number of fused-ring (bicyclic) bond motifs is 1. The van der Waals surface area contributed by atoms with Crippen molar-refractivity contribution < 1.29 is 0 Å². The number of hydrogen-bond donors (Lipinski definition) is 0. The minimum Gasteiger partial charge on any atom is -0.222 e. The predicted octanol–water partition coefficient (Wildman–Crippen LogP) is 4.56. The first-order valence-electron chi connectivity index (χ1n) is 6.11. The number of hydrogen-bond acceptors (Lipinski definition) is 3. The standard InChI is InChI=1S/C13H17ClN2S/c1-4-6-7-10-15-12(14)11-9(5-2)8(3)17-13(11)16-10/h4-7H2,1-3H3. The van der Waals surface area contributed by atoms with E-state index < -0.39 is 0 Å². The van der Waals surface area contributed by atoms with E-state index in [0.29, 0.717) is 5.15 Å². The maximum Gasteiger partial charge on any atom is 0.141 e.